The molecule has 0 unspecified atom stereocenters. The molecule has 0 radical (unpaired) electrons. The molecular weight excluding hydrogens is 528 g/mol. The molecule has 208 valence electrons. The zero-order valence-corrected chi connectivity index (χ0v) is 22.6. The fourth-order valence-corrected chi connectivity index (χ4v) is 5.12. The van der Waals surface area contributed by atoms with Crippen LogP contribution in [-0.2, 0) is 16.0 Å². The minimum atomic E-state index is -0.420. The second-order valence-corrected chi connectivity index (χ2v) is 9.83. The summed E-state index contributed by atoms with van der Waals surface area (Å²) in [5.74, 6) is 0.823. The Hall–Kier alpha value is -4.70. The number of hydrogen-bond donors (Lipinski definition) is 0. The SMILES string of the molecule is COc1ccc(-c2cc3c(cc2F)nc(Cc2ccc(N4CCOCC4=O)nc2)n3[C@@H](C)c2ccc(F)cc2)cn1. The Kier molecular flexibility index (Phi) is 7.15. The van der Waals surface area contributed by atoms with Gasteiger partial charge in [-0.05, 0) is 48.4 Å². The van der Waals surface area contributed by atoms with Crippen LogP contribution in [0.1, 0.15) is 29.9 Å². The Labute approximate surface area is 235 Å². The summed E-state index contributed by atoms with van der Waals surface area (Å²) >= 11 is 0. The summed E-state index contributed by atoms with van der Waals surface area (Å²) in [4.78, 5) is 27.4. The van der Waals surface area contributed by atoms with Gasteiger partial charge in [0.25, 0.3) is 5.91 Å². The van der Waals surface area contributed by atoms with E-state index in [1.807, 2.05) is 23.6 Å². The summed E-state index contributed by atoms with van der Waals surface area (Å²) in [6.07, 6.45) is 3.70. The van der Waals surface area contributed by atoms with Crippen LogP contribution >= 0.6 is 0 Å². The molecule has 2 aromatic carbocycles. The number of amides is 1. The number of morpholine rings is 1. The molecule has 10 heteroatoms. The number of aromatic nitrogens is 4. The first-order valence-electron chi connectivity index (χ1n) is 13.2. The third kappa shape index (κ3) is 5.26. The van der Waals surface area contributed by atoms with E-state index >= 15 is 4.39 Å². The standard InChI is InChI=1S/C31H27F2N5O3/c1-19(21-4-7-23(32)8-5-21)38-27-14-24(22-6-10-30(40-2)35-17-22)25(33)15-26(27)36-29(38)13-20-3-9-28(34-16-20)37-11-12-41-18-31(37)39/h3-10,14-17,19H,11-13,18H2,1-2H3/t19-/m0/s1. The maximum absolute atomic E-state index is 15.4. The number of pyridine rings is 2. The van der Waals surface area contributed by atoms with E-state index in [4.69, 9.17) is 14.5 Å². The number of benzene rings is 2. The first-order valence-corrected chi connectivity index (χ1v) is 13.2. The van der Waals surface area contributed by atoms with E-state index in [-0.39, 0.29) is 24.4 Å². The van der Waals surface area contributed by atoms with Crippen LogP contribution in [0.5, 0.6) is 5.88 Å². The number of hydrogen-bond acceptors (Lipinski definition) is 6. The van der Waals surface area contributed by atoms with Crippen LogP contribution in [0.15, 0.2) is 73.1 Å². The number of nitrogens with zero attached hydrogens (tertiary/aromatic N) is 5. The summed E-state index contributed by atoms with van der Waals surface area (Å²) in [7, 11) is 1.52. The third-order valence-electron chi connectivity index (χ3n) is 7.28. The number of carbonyl (C=O) groups is 1. The highest BCUT2D eigenvalue weighted by Crippen LogP contribution is 2.33. The lowest BCUT2D eigenvalue weighted by atomic mass is 10.0. The minimum Gasteiger partial charge on any atom is -0.481 e. The highest BCUT2D eigenvalue weighted by atomic mass is 19.1. The van der Waals surface area contributed by atoms with Crippen LogP contribution in [0, 0.1) is 11.6 Å². The predicted octanol–water partition coefficient (Wildman–Crippen LogP) is 5.34. The van der Waals surface area contributed by atoms with Gasteiger partial charge in [-0.25, -0.2) is 23.7 Å². The first kappa shape index (κ1) is 26.5. The van der Waals surface area contributed by atoms with Gasteiger partial charge in [-0.1, -0.05) is 18.2 Å². The maximum atomic E-state index is 15.4. The average molecular weight is 556 g/mol. The molecule has 1 fully saturated rings. The molecular formula is C31H27F2N5O3. The first-order chi connectivity index (χ1) is 19.9. The van der Waals surface area contributed by atoms with Crippen molar-refractivity contribution in [3.63, 3.8) is 0 Å². The van der Waals surface area contributed by atoms with E-state index in [1.54, 1.807) is 47.6 Å². The molecule has 8 nitrogen and oxygen atoms in total. The Morgan fingerprint density at radius 2 is 1.85 bits per heavy atom. The molecule has 0 saturated carbocycles. The van der Waals surface area contributed by atoms with Crippen molar-refractivity contribution in [2.75, 3.05) is 31.8 Å². The predicted molar refractivity (Wildman–Crippen MR) is 150 cm³/mol. The van der Waals surface area contributed by atoms with Gasteiger partial charge in [0.15, 0.2) is 0 Å². The van der Waals surface area contributed by atoms with E-state index < -0.39 is 5.82 Å². The minimum absolute atomic E-state index is 0.0415. The highest BCUT2D eigenvalue weighted by molar-refractivity contribution is 5.93. The topological polar surface area (TPSA) is 82.4 Å². The number of carbonyl (C=O) groups excluding carboxylic acids is 1. The maximum Gasteiger partial charge on any atom is 0.254 e. The van der Waals surface area contributed by atoms with Crippen LogP contribution in [0.2, 0.25) is 0 Å². The van der Waals surface area contributed by atoms with E-state index in [2.05, 4.69) is 9.97 Å². The van der Waals surface area contributed by atoms with E-state index in [0.717, 1.165) is 16.6 Å². The molecule has 1 atom stereocenters. The molecule has 4 heterocycles. The van der Waals surface area contributed by atoms with Gasteiger partial charge >= 0.3 is 0 Å². The summed E-state index contributed by atoms with van der Waals surface area (Å²) in [6, 6.07) is 16.5. The fraction of sp³-hybridized carbons (Fsp3) is 0.226. The lowest BCUT2D eigenvalue weighted by Crippen LogP contribution is -2.42. The fourth-order valence-electron chi connectivity index (χ4n) is 5.12. The third-order valence-corrected chi connectivity index (χ3v) is 7.28. The molecule has 1 saturated heterocycles. The smallest absolute Gasteiger partial charge is 0.254 e. The molecule has 1 amide bonds. The number of halogens is 2. The van der Waals surface area contributed by atoms with Gasteiger partial charge in [0.05, 0.1) is 37.3 Å². The van der Waals surface area contributed by atoms with Crippen molar-refractivity contribution in [2.24, 2.45) is 0 Å². The Morgan fingerprint density at radius 1 is 1.02 bits per heavy atom. The molecule has 6 rings (SSSR count). The molecule has 1 aliphatic heterocycles. The summed E-state index contributed by atoms with van der Waals surface area (Å²) in [5, 5.41) is 0. The summed E-state index contributed by atoms with van der Waals surface area (Å²) < 4.78 is 41.5. The van der Waals surface area contributed by atoms with Crippen molar-refractivity contribution in [3.8, 4) is 17.0 Å². The van der Waals surface area contributed by atoms with E-state index in [0.29, 0.717) is 53.7 Å². The Balaban J connectivity index is 1.42. The molecule has 0 bridgehead atoms. The summed E-state index contributed by atoms with van der Waals surface area (Å²) in [6.45, 7) is 2.96. The number of ether oxygens (including phenoxy) is 2. The molecule has 0 aliphatic carbocycles. The van der Waals surface area contributed by atoms with E-state index in [1.165, 1.54) is 25.3 Å². The molecule has 1 aliphatic rings. The van der Waals surface area contributed by atoms with Gasteiger partial charge in [0.2, 0.25) is 5.88 Å². The number of rotatable bonds is 7. The van der Waals surface area contributed by atoms with Crippen molar-refractivity contribution in [1.82, 2.24) is 19.5 Å². The zero-order valence-electron chi connectivity index (χ0n) is 22.6. The van der Waals surface area contributed by atoms with Crippen LogP contribution in [0.4, 0.5) is 14.6 Å². The molecule has 41 heavy (non-hydrogen) atoms. The van der Waals surface area contributed by atoms with Crippen molar-refractivity contribution < 1.29 is 23.0 Å². The van der Waals surface area contributed by atoms with E-state index in [9.17, 15) is 9.18 Å². The van der Waals surface area contributed by atoms with Gasteiger partial charge in [-0.2, -0.15) is 0 Å². The normalized spacial score (nSPS) is 14.4. The molecule has 5 aromatic rings. The Morgan fingerprint density at radius 3 is 2.54 bits per heavy atom. The van der Waals surface area contributed by atoms with Crippen LogP contribution < -0.4 is 9.64 Å². The van der Waals surface area contributed by atoms with Gasteiger partial charge in [0, 0.05) is 42.1 Å². The average Bonchev–Trinajstić information content (AvgIpc) is 3.33. The van der Waals surface area contributed by atoms with Crippen molar-refractivity contribution in [3.05, 3.63) is 102 Å². The largest absolute Gasteiger partial charge is 0.481 e. The Bertz CT molecular complexity index is 1700. The van der Waals surface area contributed by atoms with Crippen molar-refractivity contribution >= 4 is 22.8 Å². The van der Waals surface area contributed by atoms with Gasteiger partial charge in [-0.3, -0.25) is 9.69 Å². The van der Waals surface area contributed by atoms with Crippen molar-refractivity contribution in [1.29, 1.82) is 0 Å². The zero-order chi connectivity index (χ0) is 28.5. The number of imidazole rings is 1. The molecule has 3 aromatic heterocycles. The lowest BCUT2D eigenvalue weighted by Gasteiger charge is -2.25. The second-order valence-electron chi connectivity index (χ2n) is 9.83. The van der Waals surface area contributed by atoms with Crippen molar-refractivity contribution in [2.45, 2.75) is 19.4 Å². The quantitative estimate of drug-likeness (QED) is 0.270. The van der Waals surface area contributed by atoms with Gasteiger partial charge in [-0.15, -0.1) is 0 Å². The number of methoxy groups -OCH3 is 1. The van der Waals surface area contributed by atoms with Gasteiger partial charge < -0.3 is 14.0 Å². The lowest BCUT2D eigenvalue weighted by molar-refractivity contribution is -0.125. The van der Waals surface area contributed by atoms with Crippen LogP contribution in [0.3, 0.4) is 0 Å². The van der Waals surface area contributed by atoms with Crippen LogP contribution in [-0.4, -0.2) is 52.3 Å². The molecule has 0 spiro atoms. The second kappa shape index (κ2) is 11.1. The summed E-state index contributed by atoms with van der Waals surface area (Å²) in [5.41, 5.74) is 3.97. The monoisotopic (exact) mass is 555 g/mol. The van der Waals surface area contributed by atoms with Crippen LogP contribution in [0.25, 0.3) is 22.2 Å². The number of anilines is 1. The number of fused-ring (bicyclic) bond motifs is 1. The molecule has 0 N–H and O–H groups in total. The van der Waals surface area contributed by atoms with Gasteiger partial charge in [0.1, 0.15) is 29.9 Å². The highest BCUT2D eigenvalue weighted by Gasteiger charge is 2.23.